The van der Waals surface area contributed by atoms with Crippen molar-refractivity contribution in [3.05, 3.63) is 16.6 Å². The van der Waals surface area contributed by atoms with E-state index in [4.69, 9.17) is 0 Å². The fourth-order valence-corrected chi connectivity index (χ4v) is 2.08. The minimum absolute atomic E-state index is 0.0210. The molecule has 0 bridgehead atoms. The van der Waals surface area contributed by atoms with E-state index in [1.165, 1.54) is 0 Å². The van der Waals surface area contributed by atoms with Crippen LogP contribution in [-0.4, -0.2) is 24.1 Å². The number of thiazole rings is 1. The molecule has 0 aliphatic rings. The van der Waals surface area contributed by atoms with E-state index in [0.717, 1.165) is 18.1 Å². The lowest BCUT2D eigenvalue weighted by Crippen LogP contribution is -2.41. The molecule has 3 nitrogen and oxygen atoms in total. The van der Waals surface area contributed by atoms with Gasteiger partial charge in [-0.05, 0) is 13.8 Å². The van der Waals surface area contributed by atoms with Crippen LogP contribution in [-0.2, 0) is 5.54 Å². The lowest BCUT2D eigenvalue weighted by Gasteiger charge is -2.24. The molecule has 0 saturated carbocycles. The largest absolute Gasteiger partial charge is 0.313 e. The lowest BCUT2D eigenvalue weighted by molar-refractivity contribution is 0.394. The van der Waals surface area contributed by atoms with Crippen LogP contribution >= 0.6 is 11.3 Å². The Labute approximate surface area is 96.3 Å². The van der Waals surface area contributed by atoms with E-state index >= 15 is 0 Å². The predicted octanol–water partition coefficient (Wildman–Crippen LogP) is 1.97. The highest BCUT2D eigenvalue weighted by Crippen LogP contribution is 2.21. The molecule has 0 fully saturated rings. The fourth-order valence-electron chi connectivity index (χ4n) is 1.34. The molecule has 0 unspecified atom stereocenters. The van der Waals surface area contributed by atoms with Gasteiger partial charge in [-0.2, -0.15) is 0 Å². The summed E-state index contributed by atoms with van der Waals surface area (Å²) in [5.41, 5.74) is -0.0210. The zero-order valence-corrected chi connectivity index (χ0v) is 10.8. The van der Waals surface area contributed by atoms with Crippen molar-refractivity contribution in [1.82, 2.24) is 15.6 Å². The summed E-state index contributed by atoms with van der Waals surface area (Å²) in [5, 5.41) is 10.1. The standard InChI is InChI=1S/C11H21N3S/c1-9(2)12-5-6-14-11(3,4)10-13-7-8-15-10/h7-9,12,14H,5-6H2,1-4H3. The topological polar surface area (TPSA) is 37.0 Å². The molecule has 1 heterocycles. The first-order valence-corrected chi connectivity index (χ1v) is 6.29. The van der Waals surface area contributed by atoms with Crippen LogP contribution in [0, 0.1) is 0 Å². The van der Waals surface area contributed by atoms with Gasteiger partial charge in [0.25, 0.3) is 0 Å². The van der Waals surface area contributed by atoms with Gasteiger partial charge in [-0.1, -0.05) is 13.8 Å². The van der Waals surface area contributed by atoms with Gasteiger partial charge in [0.05, 0.1) is 5.54 Å². The summed E-state index contributed by atoms with van der Waals surface area (Å²) in [5.74, 6) is 0. The molecule has 1 aromatic heterocycles. The monoisotopic (exact) mass is 227 g/mol. The summed E-state index contributed by atoms with van der Waals surface area (Å²) in [6, 6.07) is 0.551. The maximum absolute atomic E-state index is 4.34. The zero-order valence-electron chi connectivity index (χ0n) is 10.0. The smallest absolute Gasteiger partial charge is 0.112 e. The molecule has 0 aliphatic carbocycles. The highest BCUT2D eigenvalue weighted by Gasteiger charge is 2.21. The highest BCUT2D eigenvalue weighted by atomic mass is 32.1. The molecule has 1 aromatic rings. The first-order chi connectivity index (χ1) is 7.02. The van der Waals surface area contributed by atoms with E-state index in [1.54, 1.807) is 11.3 Å². The van der Waals surface area contributed by atoms with Gasteiger partial charge in [-0.3, -0.25) is 0 Å². The normalized spacial score (nSPS) is 12.3. The molecule has 0 saturated heterocycles. The number of nitrogens with one attached hydrogen (secondary N) is 2. The van der Waals surface area contributed by atoms with E-state index in [9.17, 15) is 0 Å². The average Bonchev–Trinajstić information content (AvgIpc) is 2.65. The molecule has 86 valence electrons. The van der Waals surface area contributed by atoms with E-state index in [1.807, 2.05) is 11.6 Å². The van der Waals surface area contributed by atoms with Crippen molar-refractivity contribution in [3.63, 3.8) is 0 Å². The minimum Gasteiger partial charge on any atom is -0.313 e. The van der Waals surface area contributed by atoms with Gasteiger partial charge in [0.15, 0.2) is 0 Å². The van der Waals surface area contributed by atoms with Crippen molar-refractivity contribution in [3.8, 4) is 0 Å². The van der Waals surface area contributed by atoms with Crippen molar-refractivity contribution in [2.75, 3.05) is 13.1 Å². The summed E-state index contributed by atoms with van der Waals surface area (Å²) in [7, 11) is 0. The molecule has 4 heteroatoms. The van der Waals surface area contributed by atoms with Crippen LogP contribution in [0.15, 0.2) is 11.6 Å². The summed E-state index contributed by atoms with van der Waals surface area (Å²) in [4.78, 5) is 4.34. The van der Waals surface area contributed by atoms with Crippen LogP contribution in [0.4, 0.5) is 0 Å². The summed E-state index contributed by atoms with van der Waals surface area (Å²) >= 11 is 1.70. The Bertz CT molecular complexity index is 267. The minimum atomic E-state index is -0.0210. The Kier molecular flexibility index (Phi) is 4.70. The van der Waals surface area contributed by atoms with Crippen LogP contribution in [0.2, 0.25) is 0 Å². The summed E-state index contributed by atoms with van der Waals surface area (Å²) < 4.78 is 0. The molecule has 0 atom stereocenters. The molecule has 0 amide bonds. The van der Waals surface area contributed by atoms with E-state index in [-0.39, 0.29) is 5.54 Å². The maximum Gasteiger partial charge on any atom is 0.112 e. The third-order valence-electron chi connectivity index (χ3n) is 2.21. The van der Waals surface area contributed by atoms with Gasteiger partial charge < -0.3 is 10.6 Å². The van der Waals surface area contributed by atoms with Gasteiger partial charge in [0, 0.05) is 30.7 Å². The second-order valence-electron chi connectivity index (χ2n) is 4.50. The molecule has 15 heavy (non-hydrogen) atoms. The van der Waals surface area contributed by atoms with Crippen LogP contribution < -0.4 is 10.6 Å². The van der Waals surface area contributed by atoms with E-state index in [0.29, 0.717) is 6.04 Å². The Morgan fingerprint density at radius 2 is 2.13 bits per heavy atom. The van der Waals surface area contributed by atoms with Crippen molar-refractivity contribution >= 4 is 11.3 Å². The third kappa shape index (κ3) is 4.28. The predicted molar refractivity (Wildman–Crippen MR) is 66.3 cm³/mol. The van der Waals surface area contributed by atoms with Gasteiger partial charge in [0.1, 0.15) is 5.01 Å². The fraction of sp³-hybridized carbons (Fsp3) is 0.727. The Hall–Kier alpha value is -0.450. The lowest BCUT2D eigenvalue weighted by atomic mass is 10.1. The van der Waals surface area contributed by atoms with E-state index < -0.39 is 0 Å². The second kappa shape index (κ2) is 5.58. The molecule has 0 aromatic carbocycles. The van der Waals surface area contributed by atoms with Crippen LogP contribution in [0.1, 0.15) is 32.7 Å². The van der Waals surface area contributed by atoms with Crippen LogP contribution in [0.25, 0.3) is 0 Å². The van der Waals surface area contributed by atoms with Crippen molar-refractivity contribution < 1.29 is 0 Å². The highest BCUT2D eigenvalue weighted by molar-refractivity contribution is 7.09. The SMILES string of the molecule is CC(C)NCCNC(C)(C)c1nccs1. The Balaban J connectivity index is 2.31. The van der Waals surface area contributed by atoms with Crippen molar-refractivity contribution in [2.45, 2.75) is 39.3 Å². The molecule has 0 spiro atoms. The van der Waals surface area contributed by atoms with Crippen molar-refractivity contribution in [1.29, 1.82) is 0 Å². The first-order valence-electron chi connectivity index (χ1n) is 5.41. The zero-order chi connectivity index (χ0) is 11.3. The quantitative estimate of drug-likeness (QED) is 0.730. The maximum atomic E-state index is 4.34. The van der Waals surface area contributed by atoms with Gasteiger partial charge >= 0.3 is 0 Å². The van der Waals surface area contributed by atoms with Gasteiger partial charge in [-0.15, -0.1) is 11.3 Å². The van der Waals surface area contributed by atoms with Gasteiger partial charge in [-0.25, -0.2) is 4.98 Å². The van der Waals surface area contributed by atoms with Crippen LogP contribution in [0.5, 0.6) is 0 Å². The number of nitrogens with zero attached hydrogens (tertiary/aromatic N) is 1. The first kappa shape index (κ1) is 12.6. The molecule has 0 aliphatic heterocycles. The number of aromatic nitrogens is 1. The number of hydrogen-bond donors (Lipinski definition) is 2. The Morgan fingerprint density at radius 1 is 1.40 bits per heavy atom. The third-order valence-corrected chi connectivity index (χ3v) is 3.31. The number of rotatable bonds is 6. The van der Waals surface area contributed by atoms with Gasteiger partial charge in [0.2, 0.25) is 0 Å². The van der Waals surface area contributed by atoms with Crippen LogP contribution in [0.3, 0.4) is 0 Å². The molecule has 0 radical (unpaired) electrons. The molecule has 2 N–H and O–H groups in total. The molecule has 1 rings (SSSR count). The summed E-state index contributed by atoms with van der Waals surface area (Å²) in [6.07, 6.45) is 1.86. The molecular formula is C11H21N3S. The van der Waals surface area contributed by atoms with E-state index in [2.05, 4.69) is 43.3 Å². The number of hydrogen-bond acceptors (Lipinski definition) is 4. The molecular weight excluding hydrogens is 206 g/mol. The average molecular weight is 227 g/mol. The second-order valence-corrected chi connectivity index (χ2v) is 5.39. The Morgan fingerprint density at radius 3 is 2.67 bits per heavy atom. The summed E-state index contributed by atoms with van der Waals surface area (Å²) in [6.45, 7) is 10.6. The van der Waals surface area contributed by atoms with Crippen molar-refractivity contribution in [2.24, 2.45) is 0 Å².